The van der Waals surface area contributed by atoms with Crippen molar-refractivity contribution in [3.63, 3.8) is 0 Å². The third kappa shape index (κ3) is 3.83. The summed E-state index contributed by atoms with van der Waals surface area (Å²) in [7, 11) is 1.39. The van der Waals surface area contributed by atoms with Gasteiger partial charge >= 0.3 is 5.97 Å². The number of aromatic nitrogens is 1. The summed E-state index contributed by atoms with van der Waals surface area (Å²) in [6.45, 7) is 8.44. The van der Waals surface area contributed by atoms with Gasteiger partial charge in [-0.15, -0.1) is 11.3 Å². The number of nitrogens with zero attached hydrogens (tertiary/aromatic N) is 1. The Morgan fingerprint density at radius 1 is 1.23 bits per heavy atom. The van der Waals surface area contributed by atoms with Crippen LogP contribution in [0.2, 0.25) is 0 Å². The van der Waals surface area contributed by atoms with Crippen molar-refractivity contribution in [2.45, 2.75) is 33.1 Å². The van der Waals surface area contributed by atoms with E-state index in [-0.39, 0.29) is 11.4 Å². The topological polar surface area (TPSA) is 39.2 Å². The lowest BCUT2D eigenvalue weighted by Crippen LogP contribution is -2.10. The molecular formula is C18H21NO2S. The van der Waals surface area contributed by atoms with E-state index in [0.717, 1.165) is 11.3 Å². The molecule has 0 saturated heterocycles. The summed E-state index contributed by atoms with van der Waals surface area (Å²) in [5.41, 5.74) is 3.72. The number of ether oxygens (including phenoxy) is 1. The Kier molecular flexibility index (Phi) is 4.81. The maximum Gasteiger partial charge on any atom is 0.340 e. The lowest BCUT2D eigenvalue weighted by atomic mass is 9.86. The predicted molar refractivity (Wildman–Crippen MR) is 91.9 cm³/mol. The van der Waals surface area contributed by atoms with Crippen LogP contribution in [0.5, 0.6) is 0 Å². The molecule has 22 heavy (non-hydrogen) atoms. The molecule has 0 spiro atoms. The number of thiazole rings is 1. The molecule has 116 valence electrons. The van der Waals surface area contributed by atoms with E-state index >= 15 is 0 Å². The van der Waals surface area contributed by atoms with Gasteiger partial charge in [0.25, 0.3) is 0 Å². The lowest BCUT2D eigenvalue weighted by Gasteiger charge is -2.18. The molecule has 0 unspecified atom stereocenters. The summed E-state index contributed by atoms with van der Waals surface area (Å²) in [4.78, 5) is 16.4. The zero-order valence-electron chi connectivity index (χ0n) is 13.6. The average molecular weight is 315 g/mol. The Balaban J connectivity index is 2.39. The number of hydrogen-bond acceptors (Lipinski definition) is 4. The largest absolute Gasteiger partial charge is 0.465 e. The predicted octanol–water partition coefficient (Wildman–Crippen LogP) is 4.46. The molecule has 1 heterocycles. The summed E-state index contributed by atoms with van der Waals surface area (Å²) < 4.78 is 4.89. The van der Waals surface area contributed by atoms with Crippen molar-refractivity contribution in [2.24, 2.45) is 0 Å². The normalized spacial score (nSPS) is 12.3. The highest BCUT2D eigenvalue weighted by Gasteiger charge is 2.17. The molecule has 0 saturated carbocycles. The van der Waals surface area contributed by atoms with E-state index in [2.05, 4.69) is 37.9 Å². The van der Waals surface area contributed by atoms with Crippen molar-refractivity contribution in [3.05, 3.63) is 51.5 Å². The number of hydrogen-bond donors (Lipinski definition) is 0. The SMILES string of the molecule is COC(=O)/C(=C\c1ccc(C(C)(C)C)cc1)c1nc(C)cs1. The van der Waals surface area contributed by atoms with Gasteiger partial charge < -0.3 is 4.74 Å². The molecule has 0 aliphatic rings. The molecular weight excluding hydrogens is 294 g/mol. The van der Waals surface area contributed by atoms with E-state index in [1.54, 1.807) is 0 Å². The van der Waals surface area contributed by atoms with Crippen molar-refractivity contribution in [1.29, 1.82) is 0 Å². The Bertz CT molecular complexity index is 691. The van der Waals surface area contributed by atoms with Gasteiger partial charge in [-0.05, 0) is 29.5 Å². The fourth-order valence-corrected chi connectivity index (χ4v) is 2.84. The van der Waals surface area contributed by atoms with E-state index in [4.69, 9.17) is 4.74 Å². The first-order valence-electron chi connectivity index (χ1n) is 7.14. The van der Waals surface area contributed by atoms with E-state index in [0.29, 0.717) is 10.6 Å². The molecule has 2 rings (SSSR count). The van der Waals surface area contributed by atoms with Gasteiger partial charge in [-0.25, -0.2) is 9.78 Å². The van der Waals surface area contributed by atoms with Crippen LogP contribution in [0.1, 0.15) is 42.6 Å². The summed E-state index contributed by atoms with van der Waals surface area (Å²) in [6.07, 6.45) is 1.83. The van der Waals surface area contributed by atoms with Crippen LogP contribution in [0.4, 0.5) is 0 Å². The first kappa shape index (κ1) is 16.4. The molecule has 0 atom stereocenters. The standard InChI is InChI=1S/C18H21NO2S/c1-12-11-22-16(19-12)15(17(20)21-5)10-13-6-8-14(9-7-13)18(2,3)4/h6-11H,1-5H3/b15-10-. The Morgan fingerprint density at radius 2 is 1.86 bits per heavy atom. The lowest BCUT2D eigenvalue weighted by molar-refractivity contribution is -0.133. The second kappa shape index (κ2) is 6.44. The van der Waals surface area contributed by atoms with Crippen LogP contribution < -0.4 is 0 Å². The molecule has 0 bridgehead atoms. The first-order chi connectivity index (χ1) is 10.3. The molecule has 0 aliphatic heterocycles. The first-order valence-corrected chi connectivity index (χ1v) is 8.02. The number of esters is 1. The molecule has 0 fully saturated rings. The number of benzene rings is 1. The van der Waals surface area contributed by atoms with Crippen LogP contribution in [0, 0.1) is 6.92 Å². The molecule has 1 aromatic heterocycles. The summed E-state index contributed by atoms with van der Waals surface area (Å²) in [5.74, 6) is -0.366. The van der Waals surface area contributed by atoms with Crippen molar-refractivity contribution in [1.82, 2.24) is 4.98 Å². The minimum absolute atomic E-state index is 0.111. The van der Waals surface area contributed by atoms with Crippen LogP contribution in [0.3, 0.4) is 0 Å². The van der Waals surface area contributed by atoms with Gasteiger partial charge in [0.1, 0.15) is 5.01 Å². The fourth-order valence-electron chi connectivity index (χ4n) is 2.04. The molecule has 2 aromatic rings. The molecule has 4 heteroatoms. The van der Waals surface area contributed by atoms with Crippen LogP contribution in [0.15, 0.2) is 29.6 Å². The van der Waals surface area contributed by atoms with Crippen LogP contribution in [0.25, 0.3) is 11.6 Å². The quantitative estimate of drug-likeness (QED) is 0.620. The minimum Gasteiger partial charge on any atom is -0.465 e. The van der Waals surface area contributed by atoms with Gasteiger partial charge in [0.15, 0.2) is 0 Å². The molecule has 0 radical (unpaired) electrons. The zero-order valence-corrected chi connectivity index (χ0v) is 14.5. The maximum absolute atomic E-state index is 12.0. The highest BCUT2D eigenvalue weighted by Crippen LogP contribution is 2.26. The number of carbonyl (C=O) groups excluding carboxylic acids is 1. The van der Waals surface area contributed by atoms with Gasteiger partial charge in [0.05, 0.1) is 12.7 Å². The summed E-state index contributed by atoms with van der Waals surface area (Å²) in [6, 6.07) is 8.22. The second-order valence-electron chi connectivity index (χ2n) is 6.22. The molecule has 0 aliphatic carbocycles. The molecule has 0 amide bonds. The van der Waals surface area contributed by atoms with E-state index in [1.165, 1.54) is 24.0 Å². The zero-order chi connectivity index (χ0) is 16.3. The van der Waals surface area contributed by atoms with Gasteiger partial charge in [-0.2, -0.15) is 0 Å². The fraction of sp³-hybridized carbons (Fsp3) is 0.333. The third-order valence-corrected chi connectivity index (χ3v) is 4.34. The van der Waals surface area contributed by atoms with Crippen molar-refractivity contribution in [3.8, 4) is 0 Å². The van der Waals surface area contributed by atoms with Crippen molar-refractivity contribution < 1.29 is 9.53 Å². The van der Waals surface area contributed by atoms with Gasteiger partial charge in [0.2, 0.25) is 0 Å². The number of rotatable bonds is 3. The molecule has 3 nitrogen and oxygen atoms in total. The van der Waals surface area contributed by atoms with Crippen molar-refractivity contribution in [2.75, 3.05) is 7.11 Å². The smallest absolute Gasteiger partial charge is 0.340 e. The Labute approximate surface area is 135 Å². The Morgan fingerprint density at radius 3 is 2.32 bits per heavy atom. The summed E-state index contributed by atoms with van der Waals surface area (Å²) >= 11 is 1.45. The third-order valence-electron chi connectivity index (χ3n) is 3.34. The van der Waals surface area contributed by atoms with Crippen LogP contribution >= 0.6 is 11.3 Å². The molecule has 1 aromatic carbocycles. The number of methoxy groups -OCH3 is 1. The maximum atomic E-state index is 12.0. The number of aryl methyl sites for hydroxylation is 1. The number of carbonyl (C=O) groups is 1. The highest BCUT2D eigenvalue weighted by atomic mass is 32.1. The summed E-state index contributed by atoms with van der Waals surface area (Å²) in [5, 5.41) is 2.61. The molecule has 0 N–H and O–H groups in total. The van der Waals surface area contributed by atoms with Gasteiger partial charge in [0, 0.05) is 11.1 Å². The van der Waals surface area contributed by atoms with Gasteiger partial charge in [-0.1, -0.05) is 45.0 Å². The monoisotopic (exact) mass is 315 g/mol. The van der Waals surface area contributed by atoms with E-state index in [9.17, 15) is 4.79 Å². The average Bonchev–Trinajstić information content (AvgIpc) is 2.90. The van der Waals surface area contributed by atoms with E-state index in [1.807, 2.05) is 30.5 Å². The van der Waals surface area contributed by atoms with E-state index < -0.39 is 0 Å². The highest BCUT2D eigenvalue weighted by molar-refractivity contribution is 7.11. The minimum atomic E-state index is -0.366. The van der Waals surface area contributed by atoms with Crippen molar-refractivity contribution >= 4 is 29.0 Å². The Hall–Kier alpha value is -1.94. The van der Waals surface area contributed by atoms with Gasteiger partial charge in [-0.3, -0.25) is 0 Å². The van der Waals surface area contributed by atoms with Crippen LogP contribution in [-0.2, 0) is 14.9 Å². The second-order valence-corrected chi connectivity index (χ2v) is 7.07. The van der Waals surface area contributed by atoms with Crippen LogP contribution in [-0.4, -0.2) is 18.1 Å².